The van der Waals surface area contributed by atoms with Crippen LogP contribution in [0.25, 0.3) is 10.9 Å². The summed E-state index contributed by atoms with van der Waals surface area (Å²) in [6.45, 7) is 2.49. The van der Waals surface area contributed by atoms with E-state index in [1.54, 1.807) is 30.3 Å². The number of amides is 3. The van der Waals surface area contributed by atoms with Gasteiger partial charge in [0.15, 0.2) is 0 Å². The molecule has 0 radical (unpaired) electrons. The number of morpholine rings is 1. The van der Waals surface area contributed by atoms with Gasteiger partial charge in [-0.15, -0.1) is 0 Å². The summed E-state index contributed by atoms with van der Waals surface area (Å²) in [5.74, 6) is 0.180. The van der Waals surface area contributed by atoms with Crippen molar-refractivity contribution in [1.82, 2.24) is 15.3 Å². The lowest BCUT2D eigenvalue weighted by atomic mass is 10.1. The molecule has 1 saturated heterocycles. The largest absolute Gasteiger partial charge is 0.378 e. The maximum Gasteiger partial charge on any atom is 0.326 e. The molecule has 35 heavy (non-hydrogen) atoms. The molecule has 0 aliphatic carbocycles. The lowest BCUT2D eigenvalue weighted by Gasteiger charge is -2.31. The van der Waals surface area contributed by atoms with Crippen molar-refractivity contribution in [2.45, 2.75) is 0 Å². The second-order valence-corrected chi connectivity index (χ2v) is 7.97. The SMILES string of the molecule is O=C(NC(=O)c1ccccc1)Nc1cc2ncnc(Nc3ccccc3)c2cc1N1CCOCC1. The van der Waals surface area contributed by atoms with Gasteiger partial charge in [-0.1, -0.05) is 36.4 Å². The summed E-state index contributed by atoms with van der Waals surface area (Å²) < 4.78 is 5.51. The summed E-state index contributed by atoms with van der Waals surface area (Å²) in [6.07, 6.45) is 1.48. The van der Waals surface area contributed by atoms with Crippen molar-refractivity contribution in [2.24, 2.45) is 0 Å². The topological polar surface area (TPSA) is 108 Å². The summed E-state index contributed by atoms with van der Waals surface area (Å²) in [7, 11) is 0. The molecular formula is C26H24N6O3. The van der Waals surface area contributed by atoms with Crippen LogP contribution in [0.15, 0.2) is 79.1 Å². The number of carbonyl (C=O) groups excluding carboxylic acids is 2. The van der Waals surface area contributed by atoms with Crippen molar-refractivity contribution >= 4 is 45.7 Å². The van der Waals surface area contributed by atoms with Gasteiger partial charge >= 0.3 is 6.03 Å². The minimum Gasteiger partial charge on any atom is -0.378 e. The average molecular weight is 469 g/mol. The zero-order chi connectivity index (χ0) is 24.0. The minimum atomic E-state index is -0.621. The van der Waals surface area contributed by atoms with Crippen LogP contribution >= 0.6 is 0 Å². The Morgan fingerprint density at radius 3 is 2.34 bits per heavy atom. The third-order valence-corrected chi connectivity index (χ3v) is 5.65. The first-order valence-corrected chi connectivity index (χ1v) is 11.3. The first-order chi connectivity index (χ1) is 17.2. The van der Waals surface area contributed by atoms with E-state index in [4.69, 9.17) is 4.74 Å². The summed E-state index contributed by atoms with van der Waals surface area (Å²) >= 11 is 0. The van der Waals surface area contributed by atoms with Gasteiger partial charge in [0, 0.05) is 29.7 Å². The van der Waals surface area contributed by atoms with Crippen molar-refractivity contribution in [3.8, 4) is 0 Å². The molecule has 0 atom stereocenters. The third-order valence-electron chi connectivity index (χ3n) is 5.65. The molecule has 9 nitrogen and oxygen atoms in total. The molecule has 2 heterocycles. The van der Waals surface area contributed by atoms with Crippen molar-refractivity contribution in [1.29, 1.82) is 0 Å². The molecule has 176 valence electrons. The standard InChI is InChI=1S/C26H24N6O3/c33-25(18-7-3-1-4-8-18)31-26(34)30-22-16-21-20(15-23(22)32-11-13-35-14-12-32)24(28-17-27-21)29-19-9-5-2-6-10-19/h1-10,15-17H,11-14H2,(H,27,28,29)(H2,30,31,33,34). The number of rotatable bonds is 5. The highest BCUT2D eigenvalue weighted by Gasteiger charge is 2.20. The number of hydrogen-bond donors (Lipinski definition) is 3. The van der Waals surface area contributed by atoms with Gasteiger partial charge in [-0.2, -0.15) is 0 Å². The monoisotopic (exact) mass is 468 g/mol. The highest BCUT2D eigenvalue weighted by atomic mass is 16.5. The van der Waals surface area contributed by atoms with Gasteiger partial charge in [-0.25, -0.2) is 14.8 Å². The van der Waals surface area contributed by atoms with Gasteiger partial charge in [0.25, 0.3) is 5.91 Å². The molecular weight excluding hydrogens is 444 g/mol. The van der Waals surface area contributed by atoms with E-state index in [0.29, 0.717) is 48.9 Å². The van der Waals surface area contributed by atoms with Crippen molar-refractivity contribution in [3.63, 3.8) is 0 Å². The zero-order valence-electron chi connectivity index (χ0n) is 18.9. The fourth-order valence-corrected chi connectivity index (χ4v) is 3.93. The Hall–Kier alpha value is -4.50. The number of aromatic nitrogens is 2. The molecule has 5 rings (SSSR count). The molecule has 1 fully saturated rings. The molecule has 0 unspecified atom stereocenters. The number of para-hydroxylation sites is 1. The first-order valence-electron chi connectivity index (χ1n) is 11.3. The van der Waals surface area contributed by atoms with Crippen LogP contribution < -0.4 is 20.9 Å². The number of carbonyl (C=O) groups is 2. The average Bonchev–Trinajstić information content (AvgIpc) is 2.90. The molecule has 1 aliphatic heterocycles. The number of imide groups is 1. The second kappa shape index (κ2) is 10.2. The van der Waals surface area contributed by atoms with Gasteiger partial charge in [-0.3, -0.25) is 10.1 Å². The van der Waals surface area contributed by atoms with E-state index >= 15 is 0 Å². The highest BCUT2D eigenvalue weighted by molar-refractivity contribution is 6.10. The number of nitrogens with one attached hydrogen (secondary N) is 3. The molecule has 4 aromatic rings. The Kier molecular flexibility index (Phi) is 6.49. The van der Waals surface area contributed by atoms with E-state index in [1.807, 2.05) is 42.5 Å². The van der Waals surface area contributed by atoms with Gasteiger partial charge < -0.3 is 20.3 Å². The summed E-state index contributed by atoms with van der Waals surface area (Å²) in [5.41, 5.74) is 3.30. The molecule has 0 bridgehead atoms. The van der Waals surface area contributed by atoms with E-state index in [1.165, 1.54) is 6.33 Å². The predicted octanol–water partition coefficient (Wildman–Crippen LogP) is 4.17. The number of urea groups is 1. The Morgan fingerprint density at radius 1 is 0.886 bits per heavy atom. The number of ether oxygens (including phenoxy) is 1. The lowest BCUT2D eigenvalue weighted by molar-refractivity contribution is 0.0967. The fraction of sp³-hybridized carbons (Fsp3) is 0.154. The smallest absolute Gasteiger partial charge is 0.326 e. The van der Waals surface area contributed by atoms with Crippen LogP contribution in [-0.2, 0) is 4.74 Å². The van der Waals surface area contributed by atoms with E-state index in [2.05, 4.69) is 30.8 Å². The number of benzene rings is 3. The van der Waals surface area contributed by atoms with Crippen molar-refractivity contribution in [3.05, 3.63) is 84.7 Å². The zero-order valence-corrected chi connectivity index (χ0v) is 18.9. The van der Waals surface area contributed by atoms with Crippen LogP contribution in [0.1, 0.15) is 10.4 Å². The van der Waals surface area contributed by atoms with Crippen LogP contribution in [-0.4, -0.2) is 48.2 Å². The summed E-state index contributed by atoms with van der Waals surface area (Å²) in [6, 6.07) is 21.5. The lowest BCUT2D eigenvalue weighted by Crippen LogP contribution is -2.38. The molecule has 9 heteroatoms. The normalized spacial score (nSPS) is 13.3. The Balaban J connectivity index is 1.47. The number of anilines is 4. The molecule has 3 amide bonds. The number of fused-ring (bicyclic) bond motifs is 1. The van der Waals surface area contributed by atoms with Gasteiger partial charge in [0.2, 0.25) is 0 Å². The third kappa shape index (κ3) is 5.20. The van der Waals surface area contributed by atoms with Crippen molar-refractivity contribution < 1.29 is 14.3 Å². The number of hydrogen-bond acceptors (Lipinski definition) is 7. The van der Waals surface area contributed by atoms with Crippen LogP contribution in [0.5, 0.6) is 0 Å². The summed E-state index contributed by atoms with van der Waals surface area (Å²) in [5, 5.41) is 9.38. The second-order valence-electron chi connectivity index (χ2n) is 7.97. The molecule has 3 N–H and O–H groups in total. The van der Waals surface area contributed by atoms with E-state index in [0.717, 1.165) is 16.8 Å². The minimum absolute atomic E-state index is 0.402. The molecule has 0 spiro atoms. The van der Waals surface area contributed by atoms with Gasteiger partial charge in [0.1, 0.15) is 12.1 Å². The van der Waals surface area contributed by atoms with E-state index in [-0.39, 0.29) is 0 Å². The highest BCUT2D eigenvalue weighted by Crippen LogP contribution is 2.34. The molecule has 1 aliphatic rings. The quantitative estimate of drug-likeness (QED) is 0.403. The molecule has 1 aromatic heterocycles. The Bertz CT molecular complexity index is 1340. The van der Waals surface area contributed by atoms with Gasteiger partial charge in [0.05, 0.1) is 30.1 Å². The van der Waals surface area contributed by atoms with E-state index in [9.17, 15) is 9.59 Å². The molecule has 0 saturated carbocycles. The van der Waals surface area contributed by atoms with E-state index < -0.39 is 11.9 Å². The molecule has 3 aromatic carbocycles. The maximum atomic E-state index is 12.7. The predicted molar refractivity (Wildman–Crippen MR) is 135 cm³/mol. The van der Waals surface area contributed by atoms with Crippen LogP contribution in [0.4, 0.5) is 27.7 Å². The van der Waals surface area contributed by atoms with Crippen LogP contribution in [0.3, 0.4) is 0 Å². The summed E-state index contributed by atoms with van der Waals surface area (Å²) in [4.78, 5) is 36.2. The first kappa shape index (κ1) is 22.3. The van der Waals surface area contributed by atoms with Gasteiger partial charge in [-0.05, 0) is 36.4 Å². The Morgan fingerprint density at radius 2 is 1.60 bits per heavy atom. The fourth-order valence-electron chi connectivity index (χ4n) is 3.93. The maximum absolute atomic E-state index is 12.7. The van der Waals surface area contributed by atoms with Crippen LogP contribution in [0.2, 0.25) is 0 Å². The van der Waals surface area contributed by atoms with Crippen LogP contribution in [0, 0.1) is 0 Å². The number of nitrogens with zero attached hydrogens (tertiary/aromatic N) is 3. The Labute approximate surface area is 202 Å². The van der Waals surface area contributed by atoms with Crippen molar-refractivity contribution in [2.75, 3.05) is 41.8 Å².